The number of hydrogen-bond donors (Lipinski definition) is 1. The number of carbonyl (C=O) groups excluding carboxylic acids is 1. The minimum Gasteiger partial charge on any atom is -0.495 e. The summed E-state index contributed by atoms with van der Waals surface area (Å²) in [6.07, 6.45) is 0.933. The standard InChI is InChI=1S/C20H22BrClN2O4S/c1-28-19-7-6-17(22)12-18(19)23-20(25)15-8-10-24(11-9-15)29(26,27)13-14-2-4-16(21)5-3-14/h2-7,12,15H,8-11,13H2,1H3,(H,23,25). The van der Waals surface area contributed by atoms with Crippen molar-refractivity contribution in [3.8, 4) is 5.75 Å². The van der Waals surface area contributed by atoms with Crippen LogP contribution in [0.3, 0.4) is 0 Å². The van der Waals surface area contributed by atoms with Gasteiger partial charge in [-0.25, -0.2) is 12.7 Å². The molecule has 6 nitrogen and oxygen atoms in total. The van der Waals surface area contributed by atoms with Gasteiger partial charge >= 0.3 is 0 Å². The smallest absolute Gasteiger partial charge is 0.227 e. The van der Waals surface area contributed by atoms with Crippen molar-refractivity contribution in [2.24, 2.45) is 5.92 Å². The van der Waals surface area contributed by atoms with Crippen LogP contribution in [0.15, 0.2) is 46.9 Å². The van der Waals surface area contributed by atoms with E-state index in [2.05, 4.69) is 21.2 Å². The van der Waals surface area contributed by atoms with Crippen LogP contribution in [-0.2, 0) is 20.6 Å². The minimum absolute atomic E-state index is 0.0448. The van der Waals surface area contributed by atoms with Crippen LogP contribution in [-0.4, -0.2) is 38.8 Å². The summed E-state index contributed by atoms with van der Waals surface area (Å²) in [4.78, 5) is 12.6. The molecule has 0 aliphatic carbocycles. The number of anilines is 1. The fourth-order valence-electron chi connectivity index (χ4n) is 3.29. The zero-order chi connectivity index (χ0) is 21.0. The highest BCUT2D eigenvalue weighted by Crippen LogP contribution is 2.29. The van der Waals surface area contributed by atoms with E-state index in [-0.39, 0.29) is 17.6 Å². The molecule has 1 fully saturated rings. The van der Waals surface area contributed by atoms with Crippen LogP contribution in [0.25, 0.3) is 0 Å². The quantitative estimate of drug-likeness (QED) is 0.641. The van der Waals surface area contributed by atoms with Crippen LogP contribution in [0, 0.1) is 5.92 Å². The van der Waals surface area contributed by atoms with E-state index in [4.69, 9.17) is 16.3 Å². The molecular weight excluding hydrogens is 480 g/mol. The van der Waals surface area contributed by atoms with Crippen molar-refractivity contribution in [2.75, 3.05) is 25.5 Å². The molecule has 1 aliphatic rings. The Labute approximate surface area is 184 Å². The first-order valence-corrected chi connectivity index (χ1v) is 11.9. The van der Waals surface area contributed by atoms with E-state index in [0.29, 0.717) is 42.4 Å². The molecule has 0 bridgehead atoms. The predicted molar refractivity (Wildman–Crippen MR) is 118 cm³/mol. The second-order valence-corrected chi connectivity index (χ2v) is 10.2. The van der Waals surface area contributed by atoms with Gasteiger partial charge < -0.3 is 10.1 Å². The summed E-state index contributed by atoms with van der Waals surface area (Å²) in [7, 11) is -1.90. The molecule has 0 saturated carbocycles. The van der Waals surface area contributed by atoms with E-state index in [1.807, 2.05) is 12.1 Å². The minimum atomic E-state index is -3.42. The van der Waals surface area contributed by atoms with Crippen molar-refractivity contribution in [2.45, 2.75) is 18.6 Å². The fraction of sp³-hybridized carbons (Fsp3) is 0.350. The van der Waals surface area contributed by atoms with Gasteiger partial charge in [0.15, 0.2) is 0 Å². The number of halogens is 2. The Kier molecular flexibility index (Phi) is 7.21. The van der Waals surface area contributed by atoms with E-state index in [1.54, 1.807) is 30.3 Å². The lowest BCUT2D eigenvalue weighted by Gasteiger charge is -2.30. The lowest BCUT2D eigenvalue weighted by Crippen LogP contribution is -2.41. The van der Waals surface area contributed by atoms with E-state index in [0.717, 1.165) is 10.0 Å². The Bertz CT molecular complexity index is 974. The molecule has 0 spiro atoms. The maximum Gasteiger partial charge on any atom is 0.227 e. The van der Waals surface area contributed by atoms with E-state index < -0.39 is 10.0 Å². The molecule has 1 amide bonds. The summed E-state index contributed by atoms with van der Waals surface area (Å²) in [5.74, 6) is 0.0576. The van der Waals surface area contributed by atoms with E-state index >= 15 is 0 Å². The molecule has 2 aromatic carbocycles. The number of ether oxygens (including phenoxy) is 1. The molecule has 0 atom stereocenters. The lowest BCUT2D eigenvalue weighted by molar-refractivity contribution is -0.120. The topological polar surface area (TPSA) is 75.7 Å². The molecule has 2 aromatic rings. The molecule has 1 aliphatic heterocycles. The third-order valence-corrected chi connectivity index (χ3v) is 7.51. The molecular formula is C20H22BrClN2O4S. The predicted octanol–water partition coefficient (Wildman–Crippen LogP) is 4.29. The maximum absolute atomic E-state index is 12.7. The summed E-state index contributed by atoms with van der Waals surface area (Å²) >= 11 is 9.35. The molecule has 1 N–H and O–H groups in total. The number of amides is 1. The highest BCUT2D eigenvalue weighted by molar-refractivity contribution is 9.10. The maximum atomic E-state index is 12.7. The van der Waals surface area contributed by atoms with E-state index in [9.17, 15) is 13.2 Å². The number of carbonyl (C=O) groups is 1. The number of nitrogens with one attached hydrogen (secondary N) is 1. The highest BCUT2D eigenvalue weighted by atomic mass is 79.9. The molecule has 156 valence electrons. The third-order valence-electron chi connectivity index (χ3n) is 4.90. The first-order valence-electron chi connectivity index (χ1n) is 9.15. The van der Waals surface area contributed by atoms with E-state index in [1.165, 1.54) is 11.4 Å². The number of piperidine rings is 1. The number of rotatable bonds is 6. The molecule has 1 heterocycles. The fourth-order valence-corrected chi connectivity index (χ4v) is 5.29. The first kappa shape index (κ1) is 22.1. The van der Waals surface area contributed by atoms with Crippen LogP contribution in [0.5, 0.6) is 5.75 Å². The van der Waals surface area contributed by atoms with Crippen molar-refractivity contribution < 1.29 is 17.9 Å². The van der Waals surface area contributed by atoms with Gasteiger partial charge in [0.1, 0.15) is 5.75 Å². The number of benzene rings is 2. The van der Waals surface area contributed by atoms with Crippen molar-refractivity contribution in [1.29, 1.82) is 0 Å². The summed E-state index contributed by atoms with van der Waals surface area (Å²) in [5.41, 5.74) is 1.25. The molecule has 29 heavy (non-hydrogen) atoms. The van der Waals surface area contributed by atoms with Crippen molar-refractivity contribution >= 4 is 49.1 Å². The number of sulfonamides is 1. The molecule has 1 saturated heterocycles. The molecule has 0 aromatic heterocycles. The summed E-state index contributed by atoms with van der Waals surface area (Å²) in [6.45, 7) is 0.646. The highest BCUT2D eigenvalue weighted by Gasteiger charge is 2.31. The van der Waals surface area contributed by atoms with Crippen molar-refractivity contribution in [1.82, 2.24) is 4.31 Å². The Morgan fingerprint density at radius 2 is 1.86 bits per heavy atom. The van der Waals surface area contributed by atoms with Gasteiger partial charge in [-0.3, -0.25) is 4.79 Å². The average Bonchev–Trinajstić information content (AvgIpc) is 2.70. The molecule has 0 radical (unpaired) electrons. The monoisotopic (exact) mass is 500 g/mol. The van der Waals surface area contributed by atoms with Gasteiger partial charge in [-0.05, 0) is 48.7 Å². The number of hydrogen-bond acceptors (Lipinski definition) is 4. The van der Waals surface area contributed by atoms with Crippen molar-refractivity contribution in [3.05, 3.63) is 57.5 Å². The zero-order valence-electron chi connectivity index (χ0n) is 15.9. The second-order valence-electron chi connectivity index (χ2n) is 6.89. The van der Waals surface area contributed by atoms with Crippen LogP contribution in [0.1, 0.15) is 18.4 Å². The van der Waals surface area contributed by atoms with Gasteiger partial charge in [-0.15, -0.1) is 0 Å². The van der Waals surface area contributed by atoms with Crippen LogP contribution in [0.4, 0.5) is 5.69 Å². The third kappa shape index (κ3) is 5.72. The summed E-state index contributed by atoms with van der Waals surface area (Å²) in [5, 5.41) is 3.35. The Morgan fingerprint density at radius 3 is 2.48 bits per heavy atom. The van der Waals surface area contributed by atoms with Crippen LogP contribution < -0.4 is 10.1 Å². The largest absolute Gasteiger partial charge is 0.495 e. The Balaban J connectivity index is 1.59. The van der Waals surface area contributed by atoms with Crippen LogP contribution in [0.2, 0.25) is 5.02 Å². The number of nitrogens with zero attached hydrogens (tertiary/aromatic N) is 1. The lowest BCUT2D eigenvalue weighted by atomic mass is 9.97. The summed E-state index contributed by atoms with van der Waals surface area (Å²) < 4.78 is 33.0. The van der Waals surface area contributed by atoms with Gasteiger partial charge in [0.25, 0.3) is 0 Å². The van der Waals surface area contributed by atoms with Gasteiger partial charge in [0.2, 0.25) is 15.9 Å². The Hall–Kier alpha value is -1.61. The first-order chi connectivity index (χ1) is 13.8. The zero-order valence-corrected chi connectivity index (χ0v) is 19.1. The Morgan fingerprint density at radius 1 is 1.21 bits per heavy atom. The SMILES string of the molecule is COc1ccc(Cl)cc1NC(=O)C1CCN(S(=O)(=O)Cc2ccc(Br)cc2)CC1. The van der Waals surface area contributed by atoms with Gasteiger partial charge in [-0.1, -0.05) is 39.7 Å². The normalized spacial score (nSPS) is 15.8. The average molecular weight is 502 g/mol. The van der Waals surface area contributed by atoms with Gasteiger partial charge in [0.05, 0.1) is 18.6 Å². The van der Waals surface area contributed by atoms with Crippen molar-refractivity contribution in [3.63, 3.8) is 0 Å². The number of methoxy groups -OCH3 is 1. The van der Waals surface area contributed by atoms with Gasteiger partial charge in [0, 0.05) is 28.5 Å². The van der Waals surface area contributed by atoms with Gasteiger partial charge in [-0.2, -0.15) is 0 Å². The molecule has 3 rings (SSSR count). The van der Waals surface area contributed by atoms with Crippen LogP contribution >= 0.6 is 27.5 Å². The second kappa shape index (κ2) is 9.47. The molecule has 0 unspecified atom stereocenters. The summed E-state index contributed by atoms with van der Waals surface area (Å²) in [6, 6.07) is 12.2. The molecule has 9 heteroatoms.